The summed E-state index contributed by atoms with van der Waals surface area (Å²) in [5.74, 6) is 0.441. The van der Waals surface area contributed by atoms with Crippen molar-refractivity contribution in [1.82, 2.24) is 15.2 Å². The van der Waals surface area contributed by atoms with Gasteiger partial charge in [-0.25, -0.2) is 4.98 Å². The molecule has 21 heavy (non-hydrogen) atoms. The Kier molecular flexibility index (Phi) is 4.53. The summed E-state index contributed by atoms with van der Waals surface area (Å²) in [7, 11) is 0. The molecule has 0 aromatic carbocycles. The molecular weight excluding hydrogens is 270 g/mol. The van der Waals surface area contributed by atoms with Crippen LogP contribution in [0.15, 0.2) is 0 Å². The molecule has 0 radical (unpaired) electrons. The number of aromatic nitrogens is 3. The van der Waals surface area contributed by atoms with Gasteiger partial charge in [0.15, 0.2) is 5.82 Å². The number of carboxylic acids is 1. The average Bonchev–Trinajstić information content (AvgIpc) is 2.98. The first-order valence-electron chi connectivity index (χ1n) is 7.98. The van der Waals surface area contributed by atoms with Crippen molar-refractivity contribution in [3.8, 4) is 0 Å². The third-order valence-electron chi connectivity index (χ3n) is 4.79. The van der Waals surface area contributed by atoms with Crippen LogP contribution < -0.4 is 0 Å². The molecule has 1 aliphatic carbocycles. The van der Waals surface area contributed by atoms with Crippen molar-refractivity contribution in [1.29, 1.82) is 0 Å². The first kappa shape index (κ1) is 14.5. The van der Waals surface area contributed by atoms with Crippen LogP contribution >= 0.6 is 0 Å². The summed E-state index contributed by atoms with van der Waals surface area (Å²) in [5, 5.41) is 16.8. The lowest BCUT2D eigenvalue weighted by Gasteiger charge is -2.25. The smallest absolute Gasteiger partial charge is 0.314 e. The van der Waals surface area contributed by atoms with Crippen LogP contribution in [0.4, 0.5) is 0 Å². The third-order valence-corrected chi connectivity index (χ3v) is 4.79. The van der Waals surface area contributed by atoms with Crippen LogP contribution in [-0.4, -0.2) is 39.5 Å². The maximum atomic E-state index is 11.7. The number of aliphatic carboxylic acids is 1. The summed E-state index contributed by atoms with van der Waals surface area (Å²) in [5.41, 5.74) is 0. The number of hydrogen-bond acceptors (Lipinski definition) is 4. The number of rotatable bonds is 4. The molecule has 2 heterocycles. The van der Waals surface area contributed by atoms with Gasteiger partial charge < -0.3 is 9.84 Å². The lowest BCUT2D eigenvalue weighted by atomic mass is 9.79. The van der Waals surface area contributed by atoms with Gasteiger partial charge in [-0.05, 0) is 31.6 Å². The number of carbonyl (C=O) groups is 1. The van der Waals surface area contributed by atoms with Gasteiger partial charge in [0.1, 0.15) is 11.7 Å². The van der Waals surface area contributed by atoms with Gasteiger partial charge in [0.2, 0.25) is 0 Å². The van der Waals surface area contributed by atoms with E-state index in [1.807, 2.05) is 0 Å². The van der Waals surface area contributed by atoms with Crippen molar-refractivity contribution in [2.24, 2.45) is 5.92 Å². The van der Waals surface area contributed by atoms with Crippen molar-refractivity contribution in [2.45, 2.75) is 56.8 Å². The summed E-state index contributed by atoms with van der Waals surface area (Å²) in [4.78, 5) is 16.2. The second kappa shape index (κ2) is 6.56. The molecule has 1 aromatic rings. The SMILES string of the molecule is O=C(O)[C@H](c1n[nH]c(C2CCOCC2)n1)C1CCCCC1. The fourth-order valence-electron chi connectivity index (χ4n) is 3.57. The molecule has 3 rings (SSSR count). The lowest BCUT2D eigenvalue weighted by Crippen LogP contribution is -2.25. The molecule has 116 valence electrons. The molecule has 2 N–H and O–H groups in total. The van der Waals surface area contributed by atoms with E-state index in [1.54, 1.807) is 0 Å². The predicted octanol–water partition coefficient (Wildman–Crippen LogP) is 2.45. The van der Waals surface area contributed by atoms with Gasteiger partial charge in [-0.2, -0.15) is 5.10 Å². The Morgan fingerprint density at radius 2 is 1.90 bits per heavy atom. The van der Waals surface area contributed by atoms with Crippen LogP contribution in [0.5, 0.6) is 0 Å². The monoisotopic (exact) mass is 293 g/mol. The summed E-state index contributed by atoms with van der Waals surface area (Å²) in [6.45, 7) is 1.48. The Morgan fingerprint density at radius 3 is 2.57 bits per heavy atom. The molecule has 0 bridgehead atoms. The standard InChI is InChI=1S/C15H23N3O3/c19-15(20)12(10-4-2-1-3-5-10)14-16-13(17-18-14)11-6-8-21-9-7-11/h10-12H,1-9H2,(H,19,20)(H,16,17,18)/t12-/m0/s1. The van der Waals surface area contributed by atoms with Gasteiger partial charge in [-0.3, -0.25) is 9.89 Å². The first-order chi connectivity index (χ1) is 10.3. The Hall–Kier alpha value is -1.43. The molecule has 2 aliphatic rings. The van der Waals surface area contributed by atoms with Crippen molar-refractivity contribution >= 4 is 5.97 Å². The van der Waals surface area contributed by atoms with Gasteiger partial charge in [0.05, 0.1) is 0 Å². The van der Waals surface area contributed by atoms with E-state index in [4.69, 9.17) is 4.74 Å². The average molecular weight is 293 g/mol. The third kappa shape index (κ3) is 3.26. The fourth-order valence-corrected chi connectivity index (χ4v) is 3.57. The normalized spacial score (nSPS) is 23.0. The molecule has 0 spiro atoms. The fraction of sp³-hybridized carbons (Fsp3) is 0.800. The van der Waals surface area contributed by atoms with Crippen molar-refractivity contribution < 1.29 is 14.6 Å². The zero-order valence-corrected chi connectivity index (χ0v) is 12.3. The van der Waals surface area contributed by atoms with E-state index in [0.29, 0.717) is 11.7 Å². The van der Waals surface area contributed by atoms with Gasteiger partial charge in [-0.15, -0.1) is 0 Å². The highest BCUT2D eigenvalue weighted by molar-refractivity contribution is 5.75. The van der Waals surface area contributed by atoms with E-state index >= 15 is 0 Å². The minimum absolute atomic E-state index is 0.176. The van der Waals surface area contributed by atoms with Gasteiger partial charge in [0, 0.05) is 19.1 Å². The number of nitrogens with one attached hydrogen (secondary N) is 1. The van der Waals surface area contributed by atoms with Crippen LogP contribution in [0.1, 0.15) is 68.4 Å². The maximum absolute atomic E-state index is 11.7. The molecular formula is C15H23N3O3. The van der Waals surface area contributed by atoms with E-state index in [0.717, 1.165) is 57.6 Å². The number of nitrogens with zero attached hydrogens (tertiary/aromatic N) is 2. The zero-order chi connectivity index (χ0) is 14.7. The van der Waals surface area contributed by atoms with E-state index in [-0.39, 0.29) is 5.92 Å². The molecule has 1 aliphatic heterocycles. The summed E-state index contributed by atoms with van der Waals surface area (Å²) in [6.07, 6.45) is 7.24. The van der Waals surface area contributed by atoms with Crippen molar-refractivity contribution in [3.05, 3.63) is 11.6 Å². The highest BCUT2D eigenvalue weighted by Gasteiger charge is 2.34. The Morgan fingerprint density at radius 1 is 1.19 bits per heavy atom. The Bertz CT molecular complexity index is 476. The molecule has 1 saturated heterocycles. The molecule has 0 amide bonds. The molecule has 1 atom stereocenters. The zero-order valence-electron chi connectivity index (χ0n) is 12.3. The second-order valence-corrected chi connectivity index (χ2v) is 6.18. The number of H-pyrrole nitrogens is 1. The molecule has 6 heteroatoms. The summed E-state index contributed by atoms with van der Waals surface area (Å²) in [6, 6.07) is 0. The van der Waals surface area contributed by atoms with E-state index in [9.17, 15) is 9.90 Å². The second-order valence-electron chi connectivity index (χ2n) is 6.18. The minimum Gasteiger partial charge on any atom is -0.481 e. The topological polar surface area (TPSA) is 88.1 Å². The van der Waals surface area contributed by atoms with Gasteiger partial charge in [-0.1, -0.05) is 19.3 Å². The predicted molar refractivity (Wildman–Crippen MR) is 76.1 cm³/mol. The number of carboxylic acid groups (broad SMARTS) is 1. The van der Waals surface area contributed by atoms with Crippen molar-refractivity contribution in [2.75, 3.05) is 13.2 Å². The highest BCUT2D eigenvalue weighted by atomic mass is 16.5. The van der Waals surface area contributed by atoms with E-state index < -0.39 is 11.9 Å². The van der Waals surface area contributed by atoms with E-state index in [1.165, 1.54) is 6.42 Å². The lowest BCUT2D eigenvalue weighted by molar-refractivity contribution is -0.140. The Balaban J connectivity index is 1.76. The maximum Gasteiger partial charge on any atom is 0.314 e. The van der Waals surface area contributed by atoms with Gasteiger partial charge in [0.25, 0.3) is 0 Å². The Labute approximate surface area is 124 Å². The first-order valence-corrected chi connectivity index (χ1v) is 7.98. The highest BCUT2D eigenvalue weighted by Crippen LogP contribution is 2.35. The number of hydrogen-bond donors (Lipinski definition) is 2. The summed E-state index contributed by atoms with van der Waals surface area (Å²) < 4.78 is 5.35. The quantitative estimate of drug-likeness (QED) is 0.890. The van der Waals surface area contributed by atoms with Crippen molar-refractivity contribution in [3.63, 3.8) is 0 Å². The van der Waals surface area contributed by atoms with Crippen LogP contribution in [0.3, 0.4) is 0 Å². The summed E-state index contributed by atoms with van der Waals surface area (Å²) >= 11 is 0. The molecule has 0 unspecified atom stereocenters. The molecule has 6 nitrogen and oxygen atoms in total. The van der Waals surface area contributed by atoms with Crippen LogP contribution in [0.25, 0.3) is 0 Å². The van der Waals surface area contributed by atoms with Crippen LogP contribution in [-0.2, 0) is 9.53 Å². The largest absolute Gasteiger partial charge is 0.481 e. The van der Waals surface area contributed by atoms with Crippen LogP contribution in [0, 0.1) is 5.92 Å². The number of aromatic amines is 1. The number of ether oxygens (including phenoxy) is 1. The van der Waals surface area contributed by atoms with E-state index in [2.05, 4.69) is 15.2 Å². The molecule has 1 aromatic heterocycles. The molecule has 2 fully saturated rings. The van der Waals surface area contributed by atoms with Gasteiger partial charge >= 0.3 is 5.97 Å². The minimum atomic E-state index is -0.792. The van der Waals surface area contributed by atoms with Crippen LogP contribution in [0.2, 0.25) is 0 Å². The molecule has 1 saturated carbocycles.